The van der Waals surface area contributed by atoms with Crippen LogP contribution in [0.5, 0.6) is 0 Å². The summed E-state index contributed by atoms with van der Waals surface area (Å²) in [5.41, 5.74) is 3.44. The number of hydrogen-bond acceptors (Lipinski definition) is 5. The number of thioether (sulfide) groups is 1. The number of Topliss-reactive ketones (excluding diaryl/α,β-unsaturated/α-hetero) is 1. The number of nitriles is 1. The zero-order chi connectivity index (χ0) is 19.4. The lowest BCUT2D eigenvalue weighted by Crippen LogP contribution is -2.14. The Morgan fingerprint density at radius 2 is 2.00 bits per heavy atom. The summed E-state index contributed by atoms with van der Waals surface area (Å²) in [7, 11) is 0. The molecular formula is C21H17N3O2S. The fourth-order valence-corrected chi connectivity index (χ4v) is 3.38. The summed E-state index contributed by atoms with van der Waals surface area (Å²) in [5.74, 6) is -0.172. The average Bonchev–Trinajstić information content (AvgIpc) is 2.65. The monoisotopic (exact) mass is 375 g/mol. The molecule has 3 aromatic rings. The third-order valence-electron chi connectivity index (χ3n) is 3.95. The van der Waals surface area contributed by atoms with Gasteiger partial charge >= 0.3 is 0 Å². The smallest absolute Gasteiger partial charge is 0.234 e. The second kappa shape index (κ2) is 8.02. The zero-order valence-corrected chi connectivity index (χ0v) is 15.8. The molecule has 0 spiro atoms. The first kappa shape index (κ1) is 18.6. The van der Waals surface area contributed by atoms with E-state index in [1.54, 1.807) is 30.3 Å². The normalized spacial score (nSPS) is 10.4. The van der Waals surface area contributed by atoms with Crippen molar-refractivity contribution in [3.8, 4) is 6.07 Å². The highest BCUT2D eigenvalue weighted by molar-refractivity contribution is 8.00. The number of benzene rings is 2. The van der Waals surface area contributed by atoms with Gasteiger partial charge in [-0.25, -0.2) is 4.98 Å². The second-order valence-electron chi connectivity index (χ2n) is 6.12. The van der Waals surface area contributed by atoms with Crippen molar-refractivity contribution in [1.82, 2.24) is 4.98 Å². The number of aryl methyl sites for hydroxylation is 1. The molecule has 3 rings (SSSR count). The summed E-state index contributed by atoms with van der Waals surface area (Å²) in [5, 5.41) is 13.6. The number of anilines is 1. The lowest BCUT2D eigenvalue weighted by Gasteiger charge is -2.08. The highest BCUT2D eigenvalue weighted by Gasteiger charge is 2.11. The summed E-state index contributed by atoms with van der Waals surface area (Å²) in [4.78, 5) is 28.2. The third kappa shape index (κ3) is 4.52. The Balaban J connectivity index is 1.73. The minimum Gasteiger partial charge on any atom is -0.325 e. The molecule has 1 aromatic heterocycles. The number of hydrogen-bond donors (Lipinski definition) is 1. The van der Waals surface area contributed by atoms with E-state index in [1.165, 1.54) is 18.7 Å². The topological polar surface area (TPSA) is 82.8 Å². The first-order chi connectivity index (χ1) is 13.0. The van der Waals surface area contributed by atoms with Gasteiger partial charge in [-0.15, -0.1) is 0 Å². The summed E-state index contributed by atoms with van der Waals surface area (Å²) in [6.07, 6.45) is 0. The number of carbonyl (C=O) groups excluding carboxylic acids is 2. The number of nitrogens with zero attached hydrogens (tertiary/aromatic N) is 2. The second-order valence-corrected chi connectivity index (χ2v) is 7.09. The van der Waals surface area contributed by atoms with Crippen LogP contribution in [0.25, 0.3) is 10.9 Å². The van der Waals surface area contributed by atoms with Crippen LogP contribution < -0.4 is 5.32 Å². The molecule has 0 saturated carbocycles. The predicted molar refractivity (Wildman–Crippen MR) is 107 cm³/mol. The van der Waals surface area contributed by atoms with Crippen LogP contribution in [0.1, 0.15) is 28.4 Å². The molecule has 6 heteroatoms. The molecule has 0 unspecified atom stereocenters. The standard InChI is InChI=1S/C21H17N3O2S/c1-13-6-7-19-16(8-13)9-17(11-22)21(24-19)27-12-20(26)23-18-5-3-4-15(10-18)14(2)25/h3-10H,12H2,1-2H3,(H,23,26). The molecule has 134 valence electrons. The molecule has 0 aliphatic carbocycles. The van der Waals surface area contributed by atoms with Crippen LogP contribution in [0.3, 0.4) is 0 Å². The van der Waals surface area contributed by atoms with Gasteiger partial charge in [-0.05, 0) is 44.2 Å². The summed E-state index contributed by atoms with van der Waals surface area (Å²) < 4.78 is 0. The first-order valence-electron chi connectivity index (χ1n) is 8.31. The maximum absolute atomic E-state index is 12.2. The molecule has 0 aliphatic rings. The fraction of sp³-hybridized carbons (Fsp3) is 0.143. The van der Waals surface area contributed by atoms with Gasteiger partial charge in [0.1, 0.15) is 11.1 Å². The Labute approximate surface area is 161 Å². The number of carbonyl (C=O) groups is 2. The van der Waals surface area contributed by atoms with Crippen molar-refractivity contribution in [1.29, 1.82) is 5.26 Å². The largest absolute Gasteiger partial charge is 0.325 e. The highest BCUT2D eigenvalue weighted by atomic mass is 32.2. The van der Waals surface area contributed by atoms with Gasteiger partial charge in [0, 0.05) is 16.6 Å². The molecule has 5 nitrogen and oxygen atoms in total. The summed E-state index contributed by atoms with van der Waals surface area (Å²) in [6.45, 7) is 3.46. The van der Waals surface area contributed by atoms with Crippen molar-refractivity contribution in [3.63, 3.8) is 0 Å². The van der Waals surface area contributed by atoms with Crippen molar-refractivity contribution < 1.29 is 9.59 Å². The zero-order valence-electron chi connectivity index (χ0n) is 14.9. The van der Waals surface area contributed by atoms with E-state index in [-0.39, 0.29) is 17.4 Å². The average molecular weight is 375 g/mol. The van der Waals surface area contributed by atoms with E-state index in [4.69, 9.17) is 0 Å². The quantitative estimate of drug-likeness (QED) is 0.529. The van der Waals surface area contributed by atoms with Crippen molar-refractivity contribution in [3.05, 3.63) is 65.2 Å². The highest BCUT2D eigenvalue weighted by Crippen LogP contribution is 2.25. The molecule has 0 saturated heterocycles. The number of amides is 1. The number of ketones is 1. The SMILES string of the molecule is CC(=O)c1cccc(NC(=O)CSc2nc3ccc(C)cc3cc2C#N)c1. The van der Waals surface area contributed by atoms with E-state index >= 15 is 0 Å². The summed E-state index contributed by atoms with van der Waals surface area (Å²) >= 11 is 1.22. The van der Waals surface area contributed by atoms with E-state index in [1.807, 2.05) is 25.1 Å². The maximum atomic E-state index is 12.2. The lowest BCUT2D eigenvalue weighted by molar-refractivity contribution is -0.113. The van der Waals surface area contributed by atoms with E-state index in [0.717, 1.165) is 16.5 Å². The van der Waals surface area contributed by atoms with Crippen LogP contribution in [-0.2, 0) is 4.79 Å². The molecule has 1 heterocycles. The molecule has 0 atom stereocenters. The van der Waals surface area contributed by atoms with Crippen molar-refractivity contribution in [2.24, 2.45) is 0 Å². The third-order valence-corrected chi connectivity index (χ3v) is 4.94. The van der Waals surface area contributed by atoms with E-state index in [0.29, 0.717) is 21.8 Å². The van der Waals surface area contributed by atoms with Crippen molar-refractivity contribution in [2.45, 2.75) is 18.9 Å². The molecule has 1 amide bonds. The Morgan fingerprint density at radius 3 is 2.74 bits per heavy atom. The van der Waals surface area contributed by atoms with E-state index < -0.39 is 0 Å². The molecule has 27 heavy (non-hydrogen) atoms. The van der Waals surface area contributed by atoms with Gasteiger partial charge in [-0.2, -0.15) is 5.26 Å². The molecule has 2 aromatic carbocycles. The van der Waals surface area contributed by atoms with Crippen molar-refractivity contribution in [2.75, 3.05) is 11.1 Å². The number of rotatable bonds is 5. The molecule has 0 aliphatic heterocycles. The van der Waals surface area contributed by atoms with Crippen molar-refractivity contribution >= 4 is 40.0 Å². The maximum Gasteiger partial charge on any atom is 0.234 e. The van der Waals surface area contributed by atoms with E-state index in [9.17, 15) is 14.9 Å². The van der Waals surface area contributed by atoms with Gasteiger partial charge in [0.05, 0.1) is 16.8 Å². The van der Waals surface area contributed by atoms with Gasteiger partial charge in [0.25, 0.3) is 0 Å². The van der Waals surface area contributed by atoms with Crippen LogP contribution >= 0.6 is 11.8 Å². The van der Waals surface area contributed by atoms with Crippen LogP contribution in [0.2, 0.25) is 0 Å². The van der Waals surface area contributed by atoms with Gasteiger partial charge in [0.2, 0.25) is 5.91 Å². The number of aromatic nitrogens is 1. The minimum atomic E-state index is -0.226. The Morgan fingerprint density at radius 1 is 1.19 bits per heavy atom. The van der Waals surface area contributed by atoms with Crippen LogP contribution in [-0.4, -0.2) is 22.4 Å². The van der Waals surface area contributed by atoms with Gasteiger partial charge in [-0.3, -0.25) is 9.59 Å². The first-order valence-corrected chi connectivity index (χ1v) is 9.30. The molecule has 1 N–H and O–H groups in total. The Bertz CT molecular complexity index is 1090. The lowest BCUT2D eigenvalue weighted by atomic mass is 10.1. The molecule has 0 radical (unpaired) electrons. The van der Waals surface area contributed by atoms with Crippen LogP contribution in [0.4, 0.5) is 5.69 Å². The number of nitrogens with one attached hydrogen (secondary N) is 1. The van der Waals surface area contributed by atoms with Crippen LogP contribution in [0.15, 0.2) is 53.6 Å². The van der Waals surface area contributed by atoms with E-state index in [2.05, 4.69) is 16.4 Å². The predicted octanol–water partition coefficient (Wildman–Crippen LogP) is 4.35. The number of pyridine rings is 1. The van der Waals surface area contributed by atoms with Gasteiger partial charge < -0.3 is 5.32 Å². The minimum absolute atomic E-state index is 0.0604. The van der Waals surface area contributed by atoms with Gasteiger partial charge in [-0.1, -0.05) is 35.5 Å². The van der Waals surface area contributed by atoms with Crippen LogP contribution in [0, 0.1) is 18.3 Å². The molecular weight excluding hydrogens is 358 g/mol. The summed E-state index contributed by atoms with van der Waals surface area (Å²) in [6, 6.07) is 16.6. The fourth-order valence-electron chi connectivity index (χ4n) is 2.62. The van der Waals surface area contributed by atoms with Gasteiger partial charge in [0.15, 0.2) is 5.78 Å². The number of fused-ring (bicyclic) bond motifs is 1. The Kier molecular flexibility index (Phi) is 5.53. The molecule has 0 fully saturated rings. The Hall–Kier alpha value is -3.17. The molecule has 0 bridgehead atoms.